The number of hydrogen-bond donors (Lipinski definition) is 1. The summed E-state index contributed by atoms with van der Waals surface area (Å²) in [6.45, 7) is 13.1. The number of aliphatic hydroxyl groups excluding tert-OH is 1. The van der Waals surface area contributed by atoms with E-state index >= 15 is 0 Å². The lowest BCUT2D eigenvalue weighted by Gasteiger charge is -2.46. The van der Waals surface area contributed by atoms with Crippen LogP contribution in [0.3, 0.4) is 0 Å². The second-order valence-corrected chi connectivity index (χ2v) is 15.2. The van der Waals surface area contributed by atoms with Crippen molar-refractivity contribution in [3.05, 3.63) is 60.7 Å². The third kappa shape index (κ3) is 5.68. The molecule has 3 rings (SSSR count). The molecular formula is C27H39NO4Si. The molecule has 180 valence electrons. The van der Waals surface area contributed by atoms with E-state index in [1.807, 2.05) is 32.9 Å². The van der Waals surface area contributed by atoms with Crippen molar-refractivity contribution in [1.82, 2.24) is 4.90 Å². The van der Waals surface area contributed by atoms with Gasteiger partial charge in [-0.2, -0.15) is 0 Å². The van der Waals surface area contributed by atoms with Crippen molar-refractivity contribution < 1.29 is 19.1 Å². The van der Waals surface area contributed by atoms with E-state index in [9.17, 15) is 9.90 Å². The second-order valence-electron chi connectivity index (χ2n) is 10.9. The van der Waals surface area contributed by atoms with Crippen molar-refractivity contribution in [3.8, 4) is 0 Å². The average molecular weight is 470 g/mol. The third-order valence-corrected chi connectivity index (χ3v) is 11.3. The molecule has 1 heterocycles. The lowest BCUT2D eigenvalue weighted by molar-refractivity contribution is -0.0352. The summed E-state index contributed by atoms with van der Waals surface area (Å²) < 4.78 is 12.7. The van der Waals surface area contributed by atoms with Crippen LogP contribution in [0.15, 0.2) is 60.7 Å². The number of ether oxygens (including phenoxy) is 1. The van der Waals surface area contributed by atoms with Gasteiger partial charge < -0.3 is 19.2 Å². The summed E-state index contributed by atoms with van der Waals surface area (Å²) in [4.78, 5) is 14.6. The van der Waals surface area contributed by atoms with Gasteiger partial charge in [-0.05, 0) is 49.0 Å². The maximum Gasteiger partial charge on any atom is 0.410 e. The zero-order valence-electron chi connectivity index (χ0n) is 20.9. The molecule has 0 spiro atoms. The summed E-state index contributed by atoms with van der Waals surface area (Å²) in [6, 6.07) is 20.4. The Balaban J connectivity index is 2.00. The number of carbonyl (C=O) groups excluding carboxylic acids is 1. The molecule has 5 nitrogen and oxygen atoms in total. The predicted octanol–water partition coefficient (Wildman–Crippen LogP) is 4.32. The normalized spacial score (nSPS) is 19.9. The van der Waals surface area contributed by atoms with Crippen molar-refractivity contribution in [2.75, 3.05) is 13.2 Å². The van der Waals surface area contributed by atoms with E-state index in [1.54, 1.807) is 4.90 Å². The van der Waals surface area contributed by atoms with Crippen molar-refractivity contribution in [3.63, 3.8) is 0 Å². The minimum atomic E-state index is -2.76. The van der Waals surface area contributed by atoms with E-state index < -0.39 is 32.2 Å². The number of benzene rings is 2. The molecule has 6 heteroatoms. The minimum absolute atomic E-state index is 0.175. The Labute approximate surface area is 199 Å². The van der Waals surface area contributed by atoms with Crippen LogP contribution in [0.2, 0.25) is 5.04 Å². The Kier molecular flexibility index (Phi) is 7.71. The Bertz CT molecular complexity index is 866. The van der Waals surface area contributed by atoms with Crippen LogP contribution in [-0.4, -0.2) is 55.3 Å². The zero-order chi connectivity index (χ0) is 24.3. The van der Waals surface area contributed by atoms with Crippen molar-refractivity contribution >= 4 is 24.8 Å². The van der Waals surface area contributed by atoms with Crippen LogP contribution in [0.4, 0.5) is 4.79 Å². The number of likely N-dealkylation sites (tertiary alicyclic amines) is 1. The van der Waals surface area contributed by atoms with Crippen LogP contribution >= 0.6 is 0 Å². The van der Waals surface area contributed by atoms with Gasteiger partial charge in [0.25, 0.3) is 8.32 Å². The number of hydrogen-bond acceptors (Lipinski definition) is 4. The third-order valence-electron chi connectivity index (χ3n) is 6.26. The largest absolute Gasteiger partial charge is 0.444 e. The molecule has 0 aromatic heterocycles. The Hall–Kier alpha value is -2.15. The van der Waals surface area contributed by atoms with Gasteiger partial charge in [-0.25, -0.2) is 4.79 Å². The van der Waals surface area contributed by atoms with Crippen LogP contribution in [0.5, 0.6) is 0 Å². The van der Waals surface area contributed by atoms with E-state index in [0.29, 0.717) is 13.0 Å². The molecule has 33 heavy (non-hydrogen) atoms. The van der Waals surface area contributed by atoms with Crippen LogP contribution in [-0.2, 0) is 9.16 Å². The fraction of sp³-hybridized carbons (Fsp3) is 0.519. The molecule has 1 fully saturated rings. The molecule has 1 N–H and O–H groups in total. The number of rotatable bonds is 5. The van der Waals surface area contributed by atoms with Gasteiger partial charge in [0.2, 0.25) is 0 Å². The van der Waals surface area contributed by atoms with Gasteiger partial charge in [-0.3, -0.25) is 0 Å². The number of amides is 1. The highest BCUT2D eigenvalue weighted by molar-refractivity contribution is 6.99. The van der Waals surface area contributed by atoms with Crippen LogP contribution in [0.25, 0.3) is 0 Å². The minimum Gasteiger partial charge on any atom is -0.444 e. The van der Waals surface area contributed by atoms with E-state index in [1.165, 1.54) is 10.4 Å². The highest BCUT2D eigenvalue weighted by atomic mass is 28.4. The summed E-state index contributed by atoms with van der Waals surface area (Å²) in [5.74, 6) is 0. The SMILES string of the molecule is CC(C)(C)OC(=O)N1CCC[C@@H](O)[C@@H]1CO[Si](c1ccccc1)(c1ccccc1)C(C)(C)C. The first-order valence-electron chi connectivity index (χ1n) is 11.9. The van der Waals surface area contributed by atoms with Gasteiger partial charge in [0.1, 0.15) is 5.60 Å². The van der Waals surface area contributed by atoms with Gasteiger partial charge in [0.15, 0.2) is 0 Å². The van der Waals surface area contributed by atoms with Crippen LogP contribution in [0, 0.1) is 0 Å². The summed E-state index contributed by atoms with van der Waals surface area (Å²) in [5.41, 5.74) is -0.594. The average Bonchev–Trinajstić information content (AvgIpc) is 2.74. The molecule has 0 unspecified atom stereocenters. The summed E-state index contributed by atoms with van der Waals surface area (Å²) >= 11 is 0. The first-order chi connectivity index (χ1) is 15.5. The maximum atomic E-state index is 13.0. The highest BCUT2D eigenvalue weighted by Gasteiger charge is 2.51. The fourth-order valence-electron chi connectivity index (χ4n) is 4.76. The quantitative estimate of drug-likeness (QED) is 0.663. The molecule has 0 radical (unpaired) electrons. The van der Waals surface area contributed by atoms with Crippen LogP contribution < -0.4 is 10.4 Å². The molecule has 0 bridgehead atoms. The fourth-order valence-corrected chi connectivity index (χ4v) is 9.33. The second kappa shape index (κ2) is 10.00. The highest BCUT2D eigenvalue weighted by Crippen LogP contribution is 2.37. The van der Waals surface area contributed by atoms with Crippen molar-refractivity contribution in [1.29, 1.82) is 0 Å². The molecule has 0 saturated carbocycles. The monoisotopic (exact) mass is 469 g/mol. The molecule has 2 atom stereocenters. The van der Waals surface area contributed by atoms with E-state index in [0.717, 1.165) is 6.42 Å². The van der Waals surface area contributed by atoms with Crippen molar-refractivity contribution in [2.45, 2.75) is 77.2 Å². The molecular weight excluding hydrogens is 430 g/mol. The van der Waals surface area contributed by atoms with Gasteiger partial charge >= 0.3 is 6.09 Å². The van der Waals surface area contributed by atoms with E-state index in [-0.39, 0.29) is 11.6 Å². The zero-order valence-corrected chi connectivity index (χ0v) is 21.9. The summed E-state index contributed by atoms with van der Waals surface area (Å²) in [6.07, 6.45) is 0.353. The molecule has 1 saturated heterocycles. The lowest BCUT2D eigenvalue weighted by Crippen LogP contribution is -2.68. The van der Waals surface area contributed by atoms with Gasteiger partial charge in [0.05, 0.1) is 18.8 Å². The molecule has 2 aromatic rings. The number of carbonyl (C=O) groups is 1. The van der Waals surface area contributed by atoms with Gasteiger partial charge in [-0.15, -0.1) is 0 Å². The molecule has 2 aromatic carbocycles. The first kappa shape index (κ1) is 25.5. The Morgan fingerprint density at radius 2 is 1.48 bits per heavy atom. The van der Waals surface area contributed by atoms with E-state index in [4.69, 9.17) is 9.16 Å². The van der Waals surface area contributed by atoms with Gasteiger partial charge in [-0.1, -0.05) is 81.4 Å². The van der Waals surface area contributed by atoms with Crippen molar-refractivity contribution in [2.24, 2.45) is 0 Å². The summed E-state index contributed by atoms with van der Waals surface area (Å²) in [7, 11) is -2.76. The Morgan fingerprint density at radius 1 is 0.970 bits per heavy atom. The number of aliphatic hydroxyl groups is 1. The standard InChI is InChI=1S/C27H39NO4Si/c1-26(2,3)32-25(30)28-19-13-18-24(29)23(28)20-31-33(27(4,5)6,21-14-9-7-10-15-21)22-16-11-8-12-17-22/h7-12,14-17,23-24,29H,13,18-20H2,1-6H3/t23-,24+/m0/s1. The molecule has 0 aliphatic carbocycles. The first-order valence-corrected chi connectivity index (χ1v) is 13.8. The Morgan fingerprint density at radius 3 is 1.94 bits per heavy atom. The topological polar surface area (TPSA) is 59.0 Å². The number of nitrogens with zero attached hydrogens (tertiary/aromatic N) is 1. The maximum absolute atomic E-state index is 13.0. The lowest BCUT2D eigenvalue weighted by atomic mass is 10.00. The predicted molar refractivity (Wildman–Crippen MR) is 136 cm³/mol. The van der Waals surface area contributed by atoms with Crippen LogP contribution in [0.1, 0.15) is 54.4 Å². The smallest absolute Gasteiger partial charge is 0.410 e. The molecule has 1 amide bonds. The van der Waals surface area contributed by atoms with Gasteiger partial charge in [0, 0.05) is 6.54 Å². The molecule has 1 aliphatic heterocycles. The molecule has 1 aliphatic rings. The number of piperidine rings is 1. The van der Waals surface area contributed by atoms with E-state index in [2.05, 4.69) is 69.3 Å². The summed E-state index contributed by atoms with van der Waals surface area (Å²) in [5, 5.41) is 13.1.